The Morgan fingerprint density at radius 3 is 2.47 bits per heavy atom. The van der Waals surface area contributed by atoms with Crippen molar-refractivity contribution in [3.05, 3.63) is 59.7 Å². The second kappa shape index (κ2) is 5.37. The minimum absolute atomic E-state index is 0.123. The first-order chi connectivity index (χ1) is 8.29. The van der Waals surface area contributed by atoms with Gasteiger partial charge < -0.3 is 15.5 Å². The summed E-state index contributed by atoms with van der Waals surface area (Å²) in [6, 6.07) is 15.2. The number of nitrogens with one attached hydrogen (secondary N) is 1. The van der Waals surface area contributed by atoms with Crippen molar-refractivity contribution in [3.63, 3.8) is 0 Å². The quantitative estimate of drug-likeness (QED) is 0.706. The molecular formula is C14H15NO2. The Kier molecular flexibility index (Phi) is 3.62. The first kappa shape index (κ1) is 11.5. The fourth-order valence-electron chi connectivity index (χ4n) is 1.62. The normalized spacial score (nSPS) is 10.2. The van der Waals surface area contributed by atoms with Crippen molar-refractivity contribution in [2.24, 2.45) is 0 Å². The average molecular weight is 229 g/mol. The van der Waals surface area contributed by atoms with Gasteiger partial charge in [-0.25, -0.2) is 0 Å². The highest BCUT2D eigenvalue weighted by Crippen LogP contribution is 2.21. The predicted molar refractivity (Wildman–Crippen MR) is 67.8 cm³/mol. The summed E-state index contributed by atoms with van der Waals surface area (Å²) in [5, 5.41) is 21.7. The highest BCUT2D eigenvalue weighted by Gasteiger charge is 2.01. The van der Waals surface area contributed by atoms with Gasteiger partial charge in [-0.3, -0.25) is 0 Å². The first-order valence-electron chi connectivity index (χ1n) is 5.50. The number of anilines is 1. The van der Waals surface area contributed by atoms with E-state index in [9.17, 15) is 5.11 Å². The van der Waals surface area contributed by atoms with E-state index < -0.39 is 0 Å². The van der Waals surface area contributed by atoms with Crippen LogP contribution in [0.5, 0.6) is 5.75 Å². The number of aliphatic hydroxyl groups excluding tert-OH is 1. The molecule has 0 aromatic heterocycles. The number of hydrogen-bond donors (Lipinski definition) is 3. The number of phenols is 1. The van der Waals surface area contributed by atoms with E-state index in [1.54, 1.807) is 18.2 Å². The lowest BCUT2D eigenvalue weighted by Gasteiger charge is -2.08. The predicted octanol–water partition coefficient (Wildman–Crippen LogP) is 2.50. The smallest absolute Gasteiger partial charge is 0.121 e. The van der Waals surface area contributed by atoms with Crippen LogP contribution >= 0.6 is 0 Å². The van der Waals surface area contributed by atoms with Crippen LogP contribution in [0, 0.1) is 0 Å². The van der Waals surface area contributed by atoms with Crippen molar-refractivity contribution in [2.45, 2.75) is 13.2 Å². The molecule has 3 nitrogen and oxygen atoms in total. The van der Waals surface area contributed by atoms with Crippen LogP contribution < -0.4 is 5.32 Å². The number of hydrogen-bond acceptors (Lipinski definition) is 3. The lowest BCUT2D eigenvalue weighted by Crippen LogP contribution is -1.99. The SMILES string of the molecule is OCc1cc(NCc2ccccc2)ccc1O. The number of benzene rings is 2. The number of aliphatic hydroxyl groups is 1. The van der Waals surface area contributed by atoms with Crippen LogP contribution in [0.2, 0.25) is 0 Å². The van der Waals surface area contributed by atoms with Gasteiger partial charge in [-0.2, -0.15) is 0 Å². The van der Waals surface area contributed by atoms with Gasteiger partial charge in [0.2, 0.25) is 0 Å². The molecule has 0 amide bonds. The minimum Gasteiger partial charge on any atom is -0.508 e. The van der Waals surface area contributed by atoms with Crippen LogP contribution in [0.4, 0.5) is 5.69 Å². The van der Waals surface area contributed by atoms with Crippen LogP contribution in [0.25, 0.3) is 0 Å². The molecule has 17 heavy (non-hydrogen) atoms. The van der Waals surface area contributed by atoms with Gasteiger partial charge in [0.1, 0.15) is 5.75 Å². The van der Waals surface area contributed by atoms with Crippen LogP contribution in [0.3, 0.4) is 0 Å². The maximum atomic E-state index is 9.43. The fourth-order valence-corrected chi connectivity index (χ4v) is 1.62. The van der Waals surface area contributed by atoms with E-state index in [1.165, 1.54) is 5.56 Å². The first-order valence-corrected chi connectivity index (χ1v) is 5.50. The molecule has 0 spiro atoms. The molecule has 88 valence electrons. The molecule has 3 N–H and O–H groups in total. The molecule has 0 saturated heterocycles. The second-order valence-electron chi connectivity index (χ2n) is 3.84. The zero-order valence-corrected chi connectivity index (χ0v) is 9.43. The average Bonchev–Trinajstić information content (AvgIpc) is 2.39. The summed E-state index contributed by atoms with van der Waals surface area (Å²) in [6.07, 6.45) is 0. The van der Waals surface area contributed by atoms with Gasteiger partial charge in [-0.15, -0.1) is 0 Å². The number of aromatic hydroxyl groups is 1. The lowest BCUT2D eigenvalue weighted by atomic mass is 10.1. The van der Waals surface area contributed by atoms with Crippen LogP contribution in [0.15, 0.2) is 48.5 Å². The molecule has 0 atom stereocenters. The molecule has 2 rings (SSSR count). The molecule has 2 aromatic carbocycles. The monoisotopic (exact) mass is 229 g/mol. The highest BCUT2D eigenvalue weighted by molar-refractivity contribution is 5.50. The summed E-state index contributed by atoms with van der Waals surface area (Å²) >= 11 is 0. The Morgan fingerprint density at radius 1 is 1.00 bits per heavy atom. The molecule has 0 radical (unpaired) electrons. The van der Waals surface area contributed by atoms with Crippen LogP contribution in [0.1, 0.15) is 11.1 Å². The van der Waals surface area contributed by atoms with E-state index in [0.717, 1.165) is 12.2 Å². The Hall–Kier alpha value is -2.00. The molecule has 0 heterocycles. The van der Waals surface area contributed by atoms with Crippen LogP contribution in [-0.4, -0.2) is 10.2 Å². The zero-order chi connectivity index (χ0) is 12.1. The maximum Gasteiger partial charge on any atom is 0.121 e. The Morgan fingerprint density at radius 2 is 1.76 bits per heavy atom. The van der Waals surface area contributed by atoms with Gasteiger partial charge in [0, 0.05) is 17.8 Å². The summed E-state index contributed by atoms with van der Waals surface area (Å²) in [5.74, 6) is 0.123. The second-order valence-corrected chi connectivity index (χ2v) is 3.84. The van der Waals surface area contributed by atoms with E-state index in [4.69, 9.17) is 5.11 Å². The van der Waals surface area contributed by atoms with Crippen molar-refractivity contribution >= 4 is 5.69 Å². The van der Waals surface area contributed by atoms with Crippen molar-refractivity contribution in [1.82, 2.24) is 0 Å². The molecule has 0 bridgehead atoms. The van der Waals surface area contributed by atoms with Crippen molar-refractivity contribution in [2.75, 3.05) is 5.32 Å². The standard InChI is InChI=1S/C14H15NO2/c16-10-12-8-13(6-7-14(12)17)15-9-11-4-2-1-3-5-11/h1-8,15-17H,9-10H2. The van der Waals surface area contributed by atoms with Crippen LogP contribution in [-0.2, 0) is 13.2 Å². The molecular weight excluding hydrogens is 214 g/mol. The van der Waals surface area contributed by atoms with E-state index in [-0.39, 0.29) is 12.4 Å². The summed E-state index contributed by atoms with van der Waals surface area (Å²) in [6.45, 7) is 0.559. The summed E-state index contributed by atoms with van der Waals surface area (Å²) < 4.78 is 0. The molecule has 0 aliphatic heterocycles. The Bertz CT molecular complexity index is 483. The maximum absolute atomic E-state index is 9.43. The van der Waals surface area contributed by atoms with E-state index in [1.807, 2.05) is 30.3 Å². The van der Waals surface area contributed by atoms with Gasteiger partial charge >= 0.3 is 0 Å². The molecule has 0 fully saturated rings. The summed E-state index contributed by atoms with van der Waals surface area (Å²) in [7, 11) is 0. The Labute approximate surface area is 100 Å². The lowest BCUT2D eigenvalue weighted by molar-refractivity contribution is 0.275. The van der Waals surface area contributed by atoms with E-state index >= 15 is 0 Å². The van der Waals surface area contributed by atoms with Crippen molar-refractivity contribution in [1.29, 1.82) is 0 Å². The summed E-state index contributed by atoms with van der Waals surface area (Å²) in [5.41, 5.74) is 2.60. The molecule has 3 heteroatoms. The molecule has 0 unspecified atom stereocenters. The third kappa shape index (κ3) is 2.98. The van der Waals surface area contributed by atoms with Gasteiger partial charge in [0.15, 0.2) is 0 Å². The minimum atomic E-state index is -0.160. The third-order valence-electron chi connectivity index (χ3n) is 2.59. The number of rotatable bonds is 4. The van der Waals surface area contributed by atoms with E-state index in [2.05, 4.69) is 5.32 Å². The molecule has 2 aromatic rings. The fraction of sp³-hybridized carbons (Fsp3) is 0.143. The van der Waals surface area contributed by atoms with Gasteiger partial charge in [0.05, 0.1) is 6.61 Å². The third-order valence-corrected chi connectivity index (χ3v) is 2.59. The van der Waals surface area contributed by atoms with Crippen molar-refractivity contribution < 1.29 is 10.2 Å². The molecule has 0 saturated carbocycles. The zero-order valence-electron chi connectivity index (χ0n) is 9.43. The van der Waals surface area contributed by atoms with Crippen molar-refractivity contribution in [3.8, 4) is 5.75 Å². The van der Waals surface area contributed by atoms with Gasteiger partial charge in [-0.05, 0) is 23.8 Å². The van der Waals surface area contributed by atoms with Gasteiger partial charge in [-0.1, -0.05) is 30.3 Å². The molecule has 0 aliphatic carbocycles. The highest BCUT2D eigenvalue weighted by atomic mass is 16.3. The summed E-state index contributed by atoms with van der Waals surface area (Å²) in [4.78, 5) is 0. The van der Waals surface area contributed by atoms with Gasteiger partial charge in [0.25, 0.3) is 0 Å². The molecule has 0 aliphatic rings. The largest absolute Gasteiger partial charge is 0.508 e. The topological polar surface area (TPSA) is 52.5 Å². The Balaban J connectivity index is 2.04. The van der Waals surface area contributed by atoms with E-state index in [0.29, 0.717) is 5.56 Å².